The van der Waals surface area contributed by atoms with Gasteiger partial charge in [0.2, 0.25) is 0 Å². The van der Waals surface area contributed by atoms with Crippen LogP contribution in [0.5, 0.6) is 11.5 Å². The van der Waals surface area contributed by atoms with E-state index in [1.54, 1.807) is 38.5 Å². The maximum absolute atomic E-state index is 12.5. The fourth-order valence-electron chi connectivity index (χ4n) is 2.58. The largest absolute Gasteiger partial charge is 0.493 e. The number of aliphatic hydroxyl groups excluding tert-OH is 2. The summed E-state index contributed by atoms with van der Waals surface area (Å²) >= 11 is 0. The average Bonchev–Trinajstić information content (AvgIpc) is 2.71. The fourth-order valence-corrected chi connectivity index (χ4v) is 2.58. The summed E-state index contributed by atoms with van der Waals surface area (Å²) in [5, 5.41) is 24.2. The zero-order valence-corrected chi connectivity index (χ0v) is 15.6. The SMILES string of the molecule is COc1ccc(CCNC(=O)c2ccccc2NCC(O)CO)cc1OC. The fraction of sp³-hybridized carbons (Fsp3) is 0.350. The Kier molecular flexibility index (Phi) is 7.91. The number of anilines is 1. The lowest BCUT2D eigenvalue weighted by molar-refractivity contribution is 0.0953. The first-order valence-corrected chi connectivity index (χ1v) is 8.70. The monoisotopic (exact) mass is 374 g/mol. The predicted molar refractivity (Wildman–Crippen MR) is 104 cm³/mol. The summed E-state index contributed by atoms with van der Waals surface area (Å²) in [7, 11) is 3.17. The van der Waals surface area contributed by atoms with E-state index >= 15 is 0 Å². The molecule has 0 aliphatic carbocycles. The van der Waals surface area contributed by atoms with Crippen LogP contribution in [-0.2, 0) is 6.42 Å². The normalized spacial score (nSPS) is 11.6. The van der Waals surface area contributed by atoms with Gasteiger partial charge in [-0.2, -0.15) is 0 Å². The van der Waals surface area contributed by atoms with Gasteiger partial charge in [-0.1, -0.05) is 18.2 Å². The summed E-state index contributed by atoms with van der Waals surface area (Å²) in [4.78, 5) is 12.5. The zero-order chi connectivity index (χ0) is 19.6. The van der Waals surface area contributed by atoms with Crippen LogP contribution in [0.2, 0.25) is 0 Å². The molecule has 0 saturated heterocycles. The molecule has 2 aromatic carbocycles. The number of benzene rings is 2. The van der Waals surface area contributed by atoms with Gasteiger partial charge < -0.3 is 30.3 Å². The van der Waals surface area contributed by atoms with Crippen LogP contribution < -0.4 is 20.1 Å². The van der Waals surface area contributed by atoms with Gasteiger partial charge in [0, 0.05) is 18.8 Å². The van der Waals surface area contributed by atoms with Crippen molar-refractivity contribution < 1.29 is 24.5 Å². The molecular formula is C20H26N2O5. The molecule has 1 atom stereocenters. The number of hydrogen-bond acceptors (Lipinski definition) is 6. The van der Waals surface area contributed by atoms with Gasteiger partial charge in [0.05, 0.1) is 32.5 Å². The van der Waals surface area contributed by atoms with E-state index in [0.717, 1.165) is 5.56 Å². The van der Waals surface area contributed by atoms with Gasteiger partial charge in [0.25, 0.3) is 5.91 Å². The Morgan fingerprint density at radius 1 is 1.11 bits per heavy atom. The second-order valence-electron chi connectivity index (χ2n) is 5.96. The molecule has 27 heavy (non-hydrogen) atoms. The molecule has 2 aromatic rings. The van der Waals surface area contributed by atoms with Crippen molar-refractivity contribution in [2.45, 2.75) is 12.5 Å². The second-order valence-corrected chi connectivity index (χ2v) is 5.96. The summed E-state index contributed by atoms with van der Waals surface area (Å²) in [6.45, 7) is 0.279. The number of nitrogens with one attached hydrogen (secondary N) is 2. The third-order valence-corrected chi connectivity index (χ3v) is 4.06. The van der Waals surface area contributed by atoms with E-state index < -0.39 is 6.10 Å². The van der Waals surface area contributed by atoms with Crippen molar-refractivity contribution in [3.63, 3.8) is 0 Å². The summed E-state index contributed by atoms with van der Waals surface area (Å²) < 4.78 is 10.5. The highest BCUT2D eigenvalue weighted by Crippen LogP contribution is 2.27. The standard InChI is InChI=1S/C20H26N2O5/c1-26-18-8-7-14(11-19(18)27-2)9-10-21-20(25)16-5-3-4-6-17(16)22-12-15(24)13-23/h3-8,11,15,22-24H,9-10,12-13H2,1-2H3,(H,21,25). The molecule has 4 N–H and O–H groups in total. The predicted octanol–water partition coefficient (Wildman–Crippen LogP) is 1.44. The topological polar surface area (TPSA) is 100 Å². The lowest BCUT2D eigenvalue weighted by Crippen LogP contribution is -2.28. The van der Waals surface area contributed by atoms with Crippen molar-refractivity contribution >= 4 is 11.6 Å². The first kappa shape index (κ1) is 20.5. The third-order valence-electron chi connectivity index (χ3n) is 4.06. The van der Waals surface area contributed by atoms with Crippen LogP contribution in [-0.4, -0.2) is 56.1 Å². The van der Waals surface area contributed by atoms with E-state index in [9.17, 15) is 9.90 Å². The van der Waals surface area contributed by atoms with Gasteiger partial charge in [-0.05, 0) is 36.2 Å². The molecule has 0 spiro atoms. The quantitative estimate of drug-likeness (QED) is 0.502. The molecule has 0 aromatic heterocycles. The van der Waals surface area contributed by atoms with Gasteiger partial charge in [0.15, 0.2) is 11.5 Å². The smallest absolute Gasteiger partial charge is 0.253 e. The Labute approximate surface area is 158 Å². The van der Waals surface area contributed by atoms with Crippen LogP contribution in [0.4, 0.5) is 5.69 Å². The highest BCUT2D eigenvalue weighted by atomic mass is 16.5. The Morgan fingerprint density at radius 3 is 2.56 bits per heavy atom. The number of para-hydroxylation sites is 1. The molecular weight excluding hydrogens is 348 g/mol. The summed E-state index contributed by atoms with van der Waals surface area (Å²) in [5.41, 5.74) is 2.11. The maximum atomic E-state index is 12.5. The molecule has 0 fully saturated rings. The third kappa shape index (κ3) is 5.87. The van der Waals surface area contributed by atoms with Crippen LogP contribution in [0.25, 0.3) is 0 Å². The van der Waals surface area contributed by atoms with Crippen molar-refractivity contribution in [2.24, 2.45) is 0 Å². The number of carbonyl (C=O) groups excluding carboxylic acids is 1. The number of carbonyl (C=O) groups is 1. The molecule has 0 radical (unpaired) electrons. The van der Waals surface area contributed by atoms with Crippen molar-refractivity contribution in [3.05, 3.63) is 53.6 Å². The van der Waals surface area contributed by atoms with E-state index in [-0.39, 0.29) is 19.1 Å². The van der Waals surface area contributed by atoms with Crippen LogP contribution in [0.15, 0.2) is 42.5 Å². The minimum Gasteiger partial charge on any atom is -0.493 e. The molecule has 1 amide bonds. The van der Waals surface area contributed by atoms with E-state index in [2.05, 4.69) is 10.6 Å². The molecule has 0 heterocycles. The average molecular weight is 374 g/mol. The molecule has 0 bridgehead atoms. The summed E-state index contributed by atoms with van der Waals surface area (Å²) in [6, 6.07) is 12.7. The first-order valence-electron chi connectivity index (χ1n) is 8.70. The second kappa shape index (κ2) is 10.4. The molecule has 146 valence electrons. The van der Waals surface area contributed by atoms with Gasteiger partial charge in [-0.15, -0.1) is 0 Å². The van der Waals surface area contributed by atoms with Crippen LogP contribution in [0.1, 0.15) is 15.9 Å². The molecule has 7 heteroatoms. The minimum atomic E-state index is -0.883. The Hall–Kier alpha value is -2.77. The number of methoxy groups -OCH3 is 2. The van der Waals surface area contributed by atoms with Gasteiger partial charge in [0.1, 0.15) is 0 Å². The number of aliphatic hydroxyl groups is 2. The number of hydrogen-bond donors (Lipinski definition) is 4. The van der Waals surface area contributed by atoms with Crippen LogP contribution in [0, 0.1) is 0 Å². The Bertz CT molecular complexity index is 751. The first-order chi connectivity index (χ1) is 13.1. The lowest BCUT2D eigenvalue weighted by atomic mass is 10.1. The van der Waals surface area contributed by atoms with Gasteiger partial charge in [-0.3, -0.25) is 4.79 Å². The number of ether oxygens (including phenoxy) is 2. The van der Waals surface area contributed by atoms with Crippen molar-refractivity contribution in [1.29, 1.82) is 0 Å². The van der Waals surface area contributed by atoms with Gasteiger partial charge in [-0.25, -0.2) is 0 Å². The van der Waals surface area contributed by atoms with Crippen LogP contribution >= 0.6 is 0 Å². The molecule has 0 aliphatic rings. The Morgan fingerprint density at radius 2 is 1.85 bits per heavy atom. The van der Waals surface area contributed by atoms with Crippen molar-refractivity contribution in [2.75, 3.05) is 39.2 Å². The molecule has 2 rings (SSSR count). The van der Waals surface area contributed by atoms with Crippen molar-refractivity contribution in [3.8, 4) is 11.5 Å². The van der Waals surface area contributed by atoms with E-state index in [1.165, 1.54) is 0 Å². The van der Waals surface area contributed by atoms with E-state index in [4.69, 9.17) is 14.6 Å². The van der Waals surface area contributed by atoms with Gasteiger partial charge >= 0.3 is 0 Å². The highest BCUT2D eigenvalue weighted by Gasteiger charge is 2.12. The zero-order valence-electron chi connectivity index (χ0n) is 15.6. The summed E-state index contributed by atoms with van der Waals surface area (Å²) in [6.07, 6.45) is -0.239. The maximum Gasteiger partial charge on any atom is 0.253 e. The highest BCUT2D eigenvalue weighted by molar-refractivity contribution is 5.99. The summed E-state index contributed by atoms with van der Waals surface area (Å²) in [5.74, 6) is 1.10. The molecule has 7 nitrogen and oxygen atoms in total. The van der Waals surface area contributed by atoms with Crippen molar-refractivity contribution in [1.82, 2.24) is 5.32 Å². The minimum absolute atomic E-state index is 0.159. The van der Waals surface area contributed by atoms with Crippen LogP contribution in [0.3, 0.4) is 0 Å². The number of rotatable bonds is 10. The molecule has 1 unspecified atom stereocenters. The number of amides is 1. The van der Waals surface area contributed by atoms with E-state index in [1.807, 2.05) is 18.2 Å². The van der Waals surface area contributed by atoms with E-state index in [0.29, 0.717) is 35.7 Å². The molecule has 0 saturated carbocycles. The lowest BCUT2D eigenvalue weighted by Gasteiger charge is -2.14. The molecule has 0 aliphatic heterocycles. The Balaban J connectivity index is 1.94.